The molecule has 0 saturated heterocycles. The quantitative estimate of drug-likeness (QED) is 0.0113. The van der Waals surface area contributed by atoms with Gasteiger partial charge >= 0.3 is 11.9 Å². The number of rotatable bonds is 47. The number of hydrogen-bond acceptors (Lipinski definition) is 8. The molecule has 0 aromatic rings. The van der Waals surface area contributed by atoms with E-state index in [4.69, 9.17) is 18.5 Å². The van der Waals surface area contributed by atoms with E-state index in [1.165, 1.54) is 186 Å². The van der Waals surface area contributed by atoms with E-state index >= 15 is 0 Å². The van der Waals surface area contributed by atoms with Gasteiger partial charge in [-0.2, -0.15) is 0 Å². The third-order valence-electron chi connectivity index (χ3n) is 11.2. The molecule has 2 atom stereocenters. The van der Waals surface area contributed by atoms with Gasteiger partial charge in [0.15, 0.2) is 6.10 Å². The van der Waals surface area contributed by atoms with Crippen LogP contribution in [0.3, 0.4) is 0 Å². The van der Waals surface area contributed by atoms with Crippen LogP contribution in [0.15, 0.2) is 36.5 Å². The van der Waals surface area contributed by atoms with Crippen molar-refractivity contribution >= 4 is 19.8 Å². The molecule has 0 bridgehead atoms. The molecular weight excluding hydrogens is 798 g/mol. The Kier molecular flexibility index (Phi) is 43.2. The molecule has 0 heterocycles. The van der Waals surface area contributed by atoms with Gasteiger partial charge in [0.25, 0.3) is 7.82 Å². The molecule has 62 heavy (non-hydrogen) atoms. The normalized spacial score (nSPS) is 13.7. The minimum atomic E-state index is -4.65. The molecule has 0 aliphatic carbocycles. The molecule has 1 unspecified atom stereocenters. The zero-order chi connectivity index (χ0) is 45.7. The van der Waals surface area contributed by atoms with Gasteiger partial charge in [-0.15, -0.1) is 0 Å². The lowest BCUT2D eigenvalue weighted by atomic mass is 10.0. The Morgan fingerprint density at radius 2 is 0.935 bits per heavy atom. The first-order chi connectivity index (χ1) is 30.0. The molecule has 0 rings (SSSR count). The predicted molar refractivity (Wildman–Crippen MR) is 259 cm³/mol. The summed E-state index contributed by atoms with van der Waals surface area (Å²) in [6, 6.07) is 0. The van der Waals surface area contributed by atoms with Crippen LogP contribution in [0.1, 0.15) is 232 Å². The smallest absolute Gasteiger partial charge is 0.330 e. The van der Waals surface area contributed by atoms with Gasteiger partial charge in [-0.05, 0) is 38.5 Å². The number of hydrogen-bond donors (Lipinski definition) is 0. The molecule has 364 valence electrons. The van der Waals surface area contributed by atoms with Crippen LogP contribution in [-0.2, 0) is 32.7 Å². The van der Waals surface area contributed by atoms with Gasteiger partial charge in [0, 0.05) is 12.5 Å². The van der Waals surface area contributed by atoms with Crippen LogP contribution >= 0.6 is 7.82 Å². The molecule has 0 saturated carbocycles. The number of carbonyl (C=O) groups excluding carboxylic acids is 2. The SMILES string of the molecule is CCCCCCCCCCCCC/C=C/C=C/C(=O)OC[C@H](COP(=O)([O-])OCC[N+](C)(C)C)OC(=O)CCC/C=C/CCCCCCCCCCCCCCCCCCCC. The maximum absolute atomic E-state index is 12.7. The topological polar surface area (TPSA) is 111 Å². The lowest BCUT2D eigenvalue weighted by Gasteiger charge is -2.28. The first-order valence-corrected chi connectivity index (χ1v) is 27.2. The van der Waals surface area contributed by atoms with E-state index in [2.05, 4.69) is 26.0 Å². The molecule has 9 nitrogen and oxygen atoms in total. The van der Waals surface area contributed by atoms with Crippen LogP contribution in [0.2, 0.25) is 0 Å². The fourth-order valence-corrected chi connectivity index (χ4v) is 7.95. The van der Waals surface area contributed by atoms with Crippen LogP contribution in [-0.4, -0.2) is 70.0 Å². The Balaban J connectivity index is 4.31. The van der Waals surface area contributed by atoms with E-state index in [0.29, 0.717) is 17.4 Å². The fraction of sp³-hybridized carbons (Fsp3) is 0.846. The number of unbranched alkanes of at least 4 members (excludes halogenated alkanes) is 30. The fourth-order valence-electron chi connectivity index (χ4n) is 7.22. The Morgan fingerprint density at radius 3 is 1.37 bits per heavy atom. The molecule has 0 aromatic heterocycles. The third-order valence-corrected chi connectivity index (χ3v) is 12.2. The minimum absolute atomic E-state index is 0.0473. The van der Waals surface area contributed by atoms with Crippen molar-refractivity contribution in [2.24, 2.45) is 0 Å². The molecule has 0 aliphatic heterocycles. The summed E-state index contributed by atoms with van der Waals surface area (Å²) in [5.74, 6) is -1.12. The van der Waals surface area contributed by atoms with Crippen molar-refractivity contribution < 1.29 is 42.1 Å². The van der Waals surface area contributed by atoms with E-state index in [1.807, 2.05) is 33.3 Å². The number of nitrogens with zero attached hydrogens (tertiary/aromatic N) is 1. The van der Waals surface area contributed by atoms with Gasteiger partial charge in [0.1, 0.15) is 19.8 Å². The third kappa shape index (κ3) is 47.7. The molecule has 10 heteroatoms. The first kappa shape index (κ1) is 60.2. The average Bonchev–Trinajstić information content (AvgIpc) is 3.23. The summed E-state index contributed by atoms with van der Waals surface area (Å²) in [6.45, 7) is 4.10. The molecule has 0 radical (unpaired) electrons. The standard InChI is InChI=1S/C52H98NO8P/c1-6-8-10-12-14-16-18-20-22-23-24-25-26-27-28-29-31-33-35-37-39-41-43-45-52(55)61-50(49-60-62(56,57)59-47-46-53(3,4)5)48-58-51(54)44-42-40-38-36-34-32-30-21-19-17-15-13-11-9-7-2/h37-40,42,44,50H,6-36,41,43,45-49H2,1-5H3/b39-37+,40-38+,44-42+/t50-/m1/s1. The van der Waals surface area contributed by atoms with Crippen molar-refractivity contribution in [1.82, 2.24) is 0 Å². The van der Waals surface area contributed by atoms with Crippen molar-refractivity contribution in [2.45, 2.75) is 238 Å². The van der Waals surface area contributed by atoms with Crippen molar-refractivity contribution in [3.63, 3.8) is 0 Å². The summed E-state index contributed by atoms with van der Waals surface area (Å²) in [5, 5.41) is 0. The number of carbonyl (C=O) groups is 2. The van der Waals surface area contributed by atoms with Gasteiger partial charge in [0.05, 0.1) is 27.7 Å². The van der Waals surface area contributed by atoms with Crippen molar-refractivity contribution in [3.05, 3.63) is 36.5 Å². The summed E-state index contributed by atoms with van der Waals surface area (Å²) in [6.07, 6.45) is 52.6. The maximum Gasteiger partial charge on any atom is 0.330 e. The van der Waals surface area contributed by atoms with Crippen LogP contribution in [0.25, 0.3) is 0 Å². The molecule has 0 aliphatic rings. The monoisotopic (exact) mass is 896 g/mol. The lowest BCUT2D eigenvalue weighted by Crippen LogP contribution is -2.37. The summed E-state index contributed by atoms with van der Waals surface area (Å²) < 4.78 is 33.8. The van der Waals surface area contributed by atoms with Gasteiger partial charge in [-0.25, -0.2) is 4.79 Å². The molecule has 0 N–H and O–H groups in total. The second kappa shape index (κ2) is 44.4. The number of phosphoric acid groups is 1. The Labute approximate surface area is 382 Å². The van der Waals surface area contributed by atoms with Crippen LogP contribution < -0.4 is 4.89 Å². The summed E-state index contributed by atoms with van der Waals surface area (Å²) >= 11 is 0. The highest BCUT2D eigenvalue weighted by Crippen LogP contribution is 2.38. The predicted octanol–water partition coefficient (Wildman–Crippen LogP) is 14.6. The number of ether oxygens (including phenoxy) is 2. The van der Waals surface area contributed by atoms with Gasteiger partial charge in [-0.3, -0.25) is 9.36 Å². The highest BCUT2D eigenvalue weighted by atomic mass is 31.2. The van der Waals surface area contributed by atoms with Crippen LogP contribution in [0.4, 0.5) is 0 Å². The second-order valence-corrected chi connectivity index (χ2v) is 20.0. The van der Waals surface area contributed by atoms with Gasteiger partial charge in [-0.1, -0.05) is 218 Å². The largest absolute Gasteiger partial charge is 0.756 e. The minimum Gasteiger partial charge on any atom is -0.756 e. The number of phosphoric ester groups is 1. The second-order valence-electron chi connectivity index (χ2n) is 18.6. The van der Waals surface area contributed by atoms with E-state index in [9.17, 15) is 19.0 Å². The lowest BCUT2D eigenvalue weighted by molar-refractivity contribution is -0.870. The highest BCUT2D eigenvalue weighted by Gasteiger charge is 2.21. The van der Waals surface area contributed by atoms with Crippen LogP contribution in [0, 0.1) is 0 Å². The molecule has 0 amide bonds. The molecular formula is C52H98NO8P. The van der Waals surface area contributed by atoms with Crippen molar-refractivity contribution in [1.29, 1.82) is 0 Å². The Hall–Kier alpha value is -1.77. The molecule has 0 aromatic carbocycles. The number of likely N-dealkylation sites (N-methyl/N-ethyl adjacent to an activating group) is 1. The number of esters is 2. The Bertz CT molecular complexity index is 1150. The van der Waals surface area contributed by atoms with E-state index in [0.717, 1.165) is 25.7 Å². The number of allylic oxidation sites excluding steroid dienone is 5. The van der Waals surface area contributed by atoms with Crippen LogP contribution in [0.5, 0.6) is 0 Å². The van der Waals surface area contributed by atoms with E-state index in [1.54, 1.807) is 6.08 Å². The van der Waals surface area contributed by atoms with E-state index < -0.39 is 32.5 Å². The summed E-state index contributed by atoms with van der Waals surface area (Å²) in [5.41, 5.74) is 0. The van der Waals surface area contributed by atoms with Crippen molar-refractivity contribution in [3.8, 4) is 0 Å². The summed E-state index contributed by atoms with van der Waals surface area (Å²) in [4.78, 5) is 37.5. The van der Waals surface area contributed by atoms with Gasteiger partial charge in [0.2, 0.25) is 0 Å². The Morgan fingerprint density at radius 1 is 0.532 bits per heavy atom. The zero-order valence-electron chi connectivity index (χ0n) is 41.1. The van der Waals surface area contributed by atoms with Gasteiger partial charge < -0.3 is 27.9 Å². The number of quaternary nitrogens is 1. The molecule has 0 spiro atoms. The first-order valence-electron chi connectivity index (χ1n) is 25.7. The highest BCUT2D eigenvalue weighted by molar-refractivity contribution is 7.45. The average molecular weight is 896 g/mol. The van der Waals surface area contributed by atoms with E-state index in [-0.39, 0.29) is 19.6 Å². The zero-order valence-corrected chi connectivity index (χ0v) is 42.0. The maximum atomic E-state index is 12.7. The molecule has 0 fully saturated rings. The summed E-state index contributed by atoms with van der Waals surface area (Å²) in [7, 11) is 1.11. The van der Waals surface area contributed by atoms with Crippen molar-refractivity contribution in [2.75, 3.05) is 47.5 Å².